The Morgan fingerprint density at radius 1 is 0.613 bits per heavy atom. The second-order valence-corrected chi connectivity index (χ2v) is 6.30. The van der Waals surface area contributed by atoms with Gasteiger partial charge in [0.15, 0.2) is 11.6 Å². The number of rotatable bonds is 23. The smallest absolute Gasteiger partial charge is 0.259 e. The average Bonchev–Trinajstić information content (AvgIpc) is 2.78. The van der Waals surface area contributed by atoms with Crippen molar-refractivity contribution in [2.45, 2.75) is 0 Å². The zero-order valence-corrected chi connectivity index (χ0v) is 17.9. The standard InChI is InChI=1S/C18H36N4O9/c19-7-16(23)12-29-4-1-26-9-15(10-27-2-5-30-13-17(24)8-20)11-28-3-6-31-14-18(25)22-21/h15H,1-14,19-21H2,(H,22,25). The van der Waals surface area contributed by atoms with Crippen LogP contribution in [0.3, 0.4) is 0 Å². The van der Waals surface area contributed by atoms with E-state index in [1.165, 1.54) is 0 Å². The molecule has 0 saturated heterocycles. The van der Waals surface area contributed by atoms with Crippen LogP contribution >= 0.6 is 0 Å². The fourth-order valence-electron chi connectivity index (χ4n) is 1.94. The number of nitrogens with two attached hydrogens (primary N) is 3. The molecule has 0 aliphatic heterocycles. The first kappa shape index (κ1) is 29.5. The van der Waals surface area contributed by atoms with E-state index in [9.17, 15) is 14.4 Å². The van der Waals surface area contributed by atoms with E-state index in [0.29, 0.717) is 33.0 Å². The van der Waals surface area contributed by atoms with Gasteiger partial charge in [0, 0.05) is 5.92 Å². The first-order valence-electron chi connectivity index (χ1n) is 9.92. The molecule has 0 fully saturated rings. The van der Waals surface area contributed by atoms with Crippen LogP contribution < -0.4 is 22.7 Å². The molecule has 0 heterocycles. The van der Waals surface area contributed by atoms with Crippen LogP contribution in [0.4, 0.5) is 0 Å². The summed E-state index contributed by atoms with van der Waals surface area (Å²) in [5.41, 5.74) is 12.4. The summed E-state index contributed by atoms with van der Waals surface area (Å²) in [6, 6.07) is 0. The molecule has 7 N–H and O–H groups in total. The van der Waals surface area contributed by atoms with Gasteiger partial charge in [0.1, 0.15) is 19.8 Å². The number of carbonyl (C=O) groups excluding carboxylic acids is 3. The third kappa shape index (κ3) is 20.1. The number of hydrazine groups is 1. The van der Waals surface area contributed by atoms with Gasteiger partial charge in [0.05, 0.1) is 72.6 Å². The van der Waals surface area contributed by atoms with Gasteiger partial charge in [-0.15, -0.1) is 0 Å². The maximum absolute atomic E-state index is 11.1. The van der Waals surface area contributed by atoms with E-state index in [-0.39, 0.29) is 76.8 Å². The molecule has 13 heteroatoms. The van der Waals surface area contributed by atoms with Gasteiger partial charge < -0.3 is 39.9 Å². The van der Waals surface area contributed by atoms with Crippen molar-refractivity contribution in [3.05, 3.63) is 0 Å². The molecule has 13 nitrogen and oxygen atoms in total. The number of ketones is 2. The lowest BCUT2D eigenvalue weighted by atomic mass is 10.2. The highest BCUT2D eigenvalue weighted by atomic mass is 16.5. The third-order valence-corrected chi connectivity index (χ3v) is 3.55. The number of Topliss-reactive ketones (excluding diaryl/α,β-unsaturated/α-hetero) is 2. The van der Waals surface area contributed by atoms with Gasteiger partial charge in [-0.2, -0.15) is 0 Å². The summed E-state index contributed by atoms with van der Waals surface area (Å²) in [5, 5.41) is 0. The van der Waals surface area contributed by atoms with Gasteiger partial charge >= 0.3 is 0 Å². The highest BCUT2D eigenvalue weighted by Gasteiger charge is 2.11. The monoisotopic (exact) mass is 452 g/mol. The second-order valence-electron chi connectivity index (χ2n) is 6.30. The van der Waals surface area contributed by atoms with Gasteiger partial charge in [-0.25, -0.2) is 5.84 Å². The zero-order valence-electron chi connectivity index (χ0n) is 17.9. The van der Waals surface area contributed by atoms with Crippen LogP contribution in [0.15, 0.2) is 0 Å². The molecule has 0 bridgehead atoms. The lowest BCUT2D eigenvalue weighted by molar-refractivity contribution is -0.126. The topological polar surface area (TPSA) is 197 Å². The number of nitrogens with one attached hydrogen (secondary N) is 1. The van der Waals surface area contributed by atoms with Crippen molar-refractivity contribution < 1.29 is 42.8 Å². The van der Waals surface area contributed by atoms with E-state index >= 15 is 0 Å². The van der Waals surface area contributed by atoms with Crippen LogP contribution in [0, 0.1) is 5.92 Å². The predicted molar refractivity (Wildman–Crippen MR) is 109 cm³/mol. The summed E-state index contributed by atoms with van der Waals surface area (Å²) in [7, 11) is 0. The largest absolute Gasteiger partial charge is 0.379 e. The first-order valence-corrected chi connectivity index (χ1v) is 9.92. The van der Waals surface area contributed by atoms with Crippen molar-refractivity contribution in [3.8, 4) is 0 Å². The van der Waals surface area contributed by atoms with Crippen LogP contribution in [0.5, 0.6) is 0 Å². The SMILES string of the molecule is NCC(=O)COCCOCC(COCCOCC(=O)CN)COCCOCC(=O)NN. The Balaban J connectivity index is 4.01. The molecule has 0 aliphatic rings. The van der Waals surface area contributed by atoms with Crippen LogP contribution in [0.1, 0.15) is 0 Å². The summed E-state index contributed by atoms with van der Waals surface area (Å²) >= 11 is 0. The molecule has 0 aromatic heterocycles. The Labute approximate surface area is 182 Å². The number of carbonyl (C=O) groups is 3. The second kappa shape index (κ2) is 21.7. The van der Waals surface area contributed by atoms with Crippen LogP contribution in [-0.4, -0.2) is 110 Å². The van der Waals surface area contributed by atoms with E-state index in [1.807, 2.05) is 5.43 Å². The van der Waals surface area contributed by atoms with Crippen molar-refractivity contribution >= 4 is 17.5 Å². The highest BCUT2D eigenvalue weighted by Crippen LogP contribution is 2.01. The van der Waals surface area contributed by atoms with E-state index in [4.69, 9.17) is 45.7 Å². The lowest BCUT2D eigenvalue weighted by Crippen LogP contribution is -2.33. The van der Waals surface area contributed by atoms with Gasteiger partial charge in [-0.3, -0.25) is 19.8 Å². The Kier molecular flexibility index (Phi) is 20.6. The maximum atomic E-state index is 11.1. The Bertz CT molecular complexity index is 416. The van der Waals surface area contributed by atoms with Gasteiger partial charge in [0.2, 0.25) is 0 Å². The Morgan fingerprint density at radius 2 is 0.968 bits per heavy atom. The Hall–Kier alpha value is -1.55. The summed E-state index contributed by atoms with van der Waals surface area (Å²) in [6.07, 6.45) is 0. The van der Waals surface area contributed by atoms with Gasteiger partial charge in [-0.1, -0.05) is 0 Å². The van der Waals surface area contributed by atoms with Crippen LogP contribution in [0.2, 0.25) is 0 Å². The maximum Gasteiger partial charge on any atom is 0.259 e. The quantitative estimate of drug-likeness (QED) is 0.0523. The van der Waals surface area contributed by atoms with E-state index < -0.39 is 5.91 Å². The van der Waals surface area contributed by atoms with Crippen LogP contribution in [-0.2, 0) is 42.8 Å². The number of hydrogen-bond donors (Lipinski definition) is 4. The first-order chi connectivity index (χ1) is 15.0. The third-order valence-electron chi connectivity index (χ3n) is 3.55. The van der Waals surface area contributed by atoms with Gasteiger partial charge in [-0.05, 0) is 0 Å². The number of hydrogen-bond acceptors (Lipinski definition) is 12. The molecule has 31 heavy (non-hydrogen) atoms. The molecule has 182 valence electrons. The predicted octanol–water partition coefficient (Wildman–Crippen LogP) is -3.25. The molecule has 1 amide bonds. The summed E-state index contributed by atoms with van der Waals surface area (Å²) < 4.78 is 32.0. The number of amides is 1. The van der Waals surface area contributed by atoms with Crippen molar-refractivity contribution in [2.24, 2.45) is 23.2 Å². The summed E-state index contributed by atoms with van der Waals surface area (Å²) in [4.78, 5) is 33.0. The molecule has 0 spiro atoms. The lowest BCUT2D eigenvalue weighted by Gasteiger charge is -2.18. The molecule has 0 saturated carbocycles. The fourth-order valence-corrected chi connectivity index (χ4v) is 1.94. The van der Waals surface area contributed by atoms with Crippen molar-refractivity contribution in [1.29, 1.82) is 0 Å². The fraction of sp³-hybridized carbons (Fsp3) is 0.833. The molecule has 0 aromatic rings. The highest BCUT2D eigenvalue weighted by molar-refractivity contribution is 5.81. The average molecular weight is 453 g/mol. The van der Waals surface area contributed by atoms with Crippen molar-refractivity contribution in [2.75, 3.05) is 92.4 Å². The molecule has 0 aliphatic carbocycles. The van der Waals surface area contributed by atoms with Crippen molar-refractivity contribution in [1.82, 2.24) is 5.43 Å². The van der Waals surface area contributed by atoms with Crippen LogP contribution in [0.25, 0.3) is 0 Å². The molecule has 0 radical (unpaired) electrons. The number of ether oxygens (including phenoxy) is 6. The molecule has 0 unspecified atom stereocenters. The summed E-state index contributed by atoms with van der Waals surface area (Å²) in [5.74, 6) is 4.08. The van der Waals surface area contributed by atoms with E-state index in [2.05, 4.69) is 0 Å². The zero-order chi connectivity index (χ0) is 23.2. The molecule has 0 rings (SSSR count). The minimum atomic E-state index is -0.426. The minimum Gasteiger partial charge on any atom is -0.379 e. The molecular weight excluding hydrogens is 416 g/mol. The molecular formula is C18H36N4O9. The summed E-state index contributed by atoms with van der Waals surface area (Å²) in [6.45, 7) is 2.34. The molecule has 0 aromatic carbocycles. The molecule has 0 atom stereocenters. The normalized spacial score (nSPS) is 11.1. The van der Waals surface area contributed by atoms with E-state index in [0.717, 1.165) is 0 Å². The Morgan fingerprint density at radius 3 is 1.32 bits per heavy atom. The van der Waals surface area contributed by atoms with Crippen molar-refractivity contribution in [3.63, 3.8) is 0 Å². The van der Waals surface area contributed by atoms with E-state index in [1.54, 1.807) is 0 Å². The minimum absolute atomic E-state index is 0.0374. The van der Waals surface area contributed by atoms with Gasteiger partial charge in [0.25, 0.3) is 5.91 Å².